The van der Waals surface area contributed by atoms with Crippen LogP contribution in [0.1, 0.15) is 18.5 Å². The lowest BCUT2D eigenvalue weighted by molar-refractivity contribution is -0.405. The highest BCUT2D eigenvalue weighted by Crippen LogP contribution is 2.17. The Morgan fingerprint density at radius 2 is 2.44 bits per heavy atom. The van der Waals surface area contributed by atoms with E-state index in [1.807, 2.05) is 0 Å². The molecule has 0 aliphatic carbocycles. The standard InChI is InChI=1S/C11H17N5O2/c12-8(4-7-5-14-6-15-7)11(18)16-3-1-2-9(16)10(13)17/h5-6,8-9H,1-4,12H2,(H2,13,17)(H,14,15)/p+1/t8-,9-/m0/s1. The molecule has 7 heteroatoms. The van der Waals surface area contributed by atoms with Gasteiger partial charge in [0.05, 0.1) is 12.7 Å². The van der Waals surface area contributed by atoms with E-state index in [0.717, 1.165) is 12.1 Å². The Balaban J connectivity index is 1.99. The molecular weight excluding hydrogens is 234 g/mol. The number of primary amides is 1. The summed E-state index contributed by atoms with van der Waals surface area (Å²) in [6.45, 7) is 0.585. The molecule has 0 aromatic carbocycles. The zero-order valence-electron chi connectivity index (χ0n) is 10.1. The van der Waals surface area contributed by atoms with Crippen LogP contribution in [0.15, 0.2) is 12.5 Å². The SMILES string of the molecule is NC(=O)[C@@H]1CCCN1C(=O)[C@@H]([NH3+])Cc1cnc[nH]1. The fourth-order valence-corrected chi connectivity index (χ4v) is 2.31. The molecule has 2 amide bonds. The lowest BCUT2D eigenvalue weighted by atomic mass is 10.1. The molecule has 6 N–H and O–H groups in total. The Morgan fingerprint density at radius 3 is 3.06 bits per heavy atom. The number of nitrogens with zero attached hydrogens (tertiary/aromatic N) is 2. The summed E-state index contributed by atoms with van der Waals surface area (Å²) in [6.07, 6.45) is 5.18. The van der Waals surface area contributed by atoms with E-state index in [2.05, 4.69) is 15.7 Å². The predicted octanol–water partition coefficient (Wildman–Crippen LogP) is -1.96. The first-order valence-corrected chi connectivity index (χ1v) is 5.99. The lowest BCUT2D eigenvalue weighted by Crippen LogP contribution is -2.69. The molecule has 0 bridgehead atoms. The van der Waals surface area contributed by atoms with Gasteiger partial charge >= 0.3 is 0 Å². The van der Waals surface area contributed by atoms with Crippen molar-refractivity contribution < 1.29 is 15.3 Å². The molecule has 1 aromatic heterocycles. The molecule has 7 nitrogen and oxygen atoms in total. The van der Waals surface area contributed by atoms with Gasteiger partial charge in [0.15, 0.2) is 6.04 Å². The first kappa shape index (κ1) is 12.6. The van der Waals surface area contributed by atoms with E-state index >= 15 is 0 Å². The topological polar surface area (TPSA) is 120 Å². The van der Waals surface area contributed by atoms with Crippen molar-refractivity contribution >= 4 is 11.8 Å². The predicted molar refractivity (Wildman–Crippen MR) is 62.9 cm³/mol. The van der Waals surface area contributed by atoms with Crippen molar-refractivity contribution in [3.8, 4) is 0 Å². The van der Waals surface area contributed by atoms with Crippen LogP contribution in [0.25, 0.3) is 0 Å². The molecule has 0 unspecified atom stereocenters. The van der Waals surface area contributed by atoms with E-state index in [4.69, 9.17) is 5.73 Å². The van der Waals surface area contributed by atoms with Crippen LogP contribution in [-0.4, -0.2) is 45.3 Å². The maximum Gasteiger partial charge on any atom is 0.281 e. The number of carbonyl (C=O) groups excluding carboxylic acids is 2. The molecule has 1 aliphatic heterocycles. The van der Waals surface area contributed by atoms with Gasteiger partial charge < -0.3 is 21.4 Å². The Bertz CT molecular complexity index is 431. The summed E-state index contributed by atoms with van der Waals surface area (Å²) in [5, 5.41) is 0. The highest BCUT2D eigenvalue weighted by molar-refractivity contribution is 5.89. The summed E-state index contributed by atoms with van der Waals surface area (Å²) in [5.41, 5.74) is 10.0. The quantitative estimate of drug-likeness (QED) is 0.577. The minimum atomic E-state index is -0.469. The van der Waals surface area contributed by atoms with E-state index in [1.165, 1.54) is 0 Å². The maximum atomic E-state index is 12.2. The van der Waals surface area contributed by atoms with Crippen molar-refractivity contribution in [2.75, 3.05) is 6.54 Å². The molecular formula is C11H18N5O2+. The minimum absolute atomic E-state index is 0.120. The fraction of sp³-hybridized carbons (Fsp3) is 0.545. The van der Waals surface area contributed by atoms with Gasteiger partial charge in [-0.25, -0.2) is 4.98 Å². The fourth-order valence-electron chi connectivity index (χ4n) is 2.31. The van der Waals surface area contributed by atoms with Gasteiger partial charge in [0.25, 0.3) is 5.91 Å². The van der Waals surface area contributed by atoms with Gasteiger partial charge in [0, 0.05) is 18.4 Å². The highest BCUT2D eigenvalue weighted by atomic mass is 16.2. The lowest BCUT2D eigenvalue weighted by Gasteiger charge is -2.23. The molecule has 2 heterocycles. The first-order chi connectivity index (χ1) is 8.59. The third-order valence-electron chi connectivity index (χ3n) is 3.23. The van der Waals surface area contributed by atoms with Crippen LogP contribution >= 0.6 is 0 Å². The smallest absolute Gasteiger partial charge is 0.281 e. The van der Waals surface area contributed by atoms with Gasteiger partial charge in [0.2, 0.25) is 5.91 Å². The molecule has 98 valence electrons. The molecule has 1 fully saturated rings. The van der Waals surface area contributed by atoms with Gasteiger partial charge in [0.1, 0.15) is 6.04 Å². The summed E-state index contributed by atoms with van der Waals surface area (Å²) in [7, 11) is 0. The Labute approximate surface area is 105 Å². The number of nitrogens with two attached hydrogens (primary N) is 1. The van der Waals surface area contributed by atoms with Crippen molar-refractivity contribution in [3.63, 3.8) is 0 Å². The van der Waals surface area contributed by atoms with Crippen molar-refractivity contribution in [1.82, 2.24) is 14.9 Å². The van der Waals surface area contributed by atoms with Crippen molar-refractivity contribution in [2.45, 2.75) is 31.3 Å². The largest absolute Gasteiger partial charge is 0.368 e. The van der Waals surface area contributed by atoms with Crippen LogP contribution in [0, 0.1) is 0 Å². The van der Waals surface area contributed by atoms with E-state index in [-0.39, 0.29) is 5.91 Å². The monoisotopic (exact) mass is 252 g/mol. The molecule has 1 saturated heterocycles. The summed E-state index contributed by atoms with van der Waals surface area (Å²) in [5.74, 6) is -0.555. The number of rotatable bonds is 4. The normalized spacial score (nSPS) is 20.9. The number of nitrogens with one attached hydrogen (secondary N) is 1. The van der Waals surface area contributed by atoms with E-state index < -0.39 is 18.0 Å². The van der Waals surface area contributed by atoms with Gasteiger partial charge in [-0.3, -0.25) is 9.59 Å². The summed E-state index contributed by atoms with van der Waals surface area (Å²) in [4.78, 5) is 31.8. The maximum absolute atomic E-state index is 12.2. The number of hydrogen-bond acceptors (Lipinski definition) is 3. The van der Waals surface area contributed by atoms with Crippen LogP contribution in [0.2, 0.25) is 0 Å². The van der Waals surface area contributed by atoms with Crippen molar-refractivity contribution in [1.29, 1.82) is 0 Å². The number of H-pyrrole nitrogens is 1. The van der Waals surface area contributed by atoms with Crippen molar-refractivity contribution in [2.24, 2.45) is 5.73 Å². The zero-order chi connectivity index (χ0) is 13.1. The molecule has 2 rings (SSSR count). The third kappa shape index (κ3) is 2.51. The number of imidazole rings is 1. The molecule has 0 saturated carbocycles. The summed E-state index contributed by atoms with van der Waals surface area (Å²) in [6, 6.07) is -0.895. The summed E-state index contributed by atoms with van der Waals surface area (Å²) >= 11 is 0. The Hall–Kier alpha value is -1.89. The first-order valence-electron chi connectivity index (χ1n) is 5.99. The number of hydrogen-bond donors (Lipinski definition) is 3. The summed E-state index contributed by atoms with van der Waals surface area (Å²) < 4.78 is 0. The van der Waals surface area contributed by atoms with Gasteiger partial charge in [-0.15, -0.1) is 0 Å². The minimum Gasteiger partial charge on any atom is -0.368 e. The highest BCUT2D eigenvalue weighted by Gasteiger charge is 2.36. The molecule has 18 heavy (non-hydrogen) atoms. The zero-order valence-corrected chi connectivity index (χ0v) is 10.1. The van der Waals surface area contributed by atoms with E-state index in [0.29, 0.717) is 19.4 Å². The Morgan fingerprint density at radius 1 is 1.67 bits per heavy atom. The van der Waals surface area contributed by atoms with Crippen LogP contribution in [0.5, 0.6) is 0 Å². The molecule has 0 spiro atoms. The van der Waals surface area contributed by atoms with Crippen LogP contribution in [0.3, 0.4) is 0 Å². The average molecular weight is 252 g/mol. The number of amides is 2. The second kappa shape index (κ2) is 5.18. The third-order valence-corrected chi connectivity index (χ3v) is 3.23. The van der Waals surface area contributed by atoms with Crippen LogP contribution < -0.4 is 11.5 Å². The van der Waals surface area contributed by atoms with Gasteiger partial charge in [-0.05, 0) is 12.8 Å². The molecule has 1 aliphatic rings. The number of carbonyl (C=O) groups is 2. The number of quaternary nitrogens is 1. The second-order valence-electron chi connectivity index (χ2n) is 4.57. The molecule has 1 aromatic rings. The number of aromatic amines is 1. The molecule has 0 radical (unpaired) electrons. The second-order valence-corrected chi connectivity index (χ2v) is 4.57. The number of aromatic nitrogens is 2. The van der Waals surface area contributed by atoms with Crippen LogP contribution in [-0.2, 0) is 16.0 Å². The van der Waals surface area contributed by atoms with Gasteiger partial charge in [-0.1, -0.05) is 0 Å². The van der Waals surface area contributed by atoms with E-state index in [1.54, 1.807) is 17.4 Å². The molecule has 2 atom stereocenters. The van der Waals surface area contributed by atoms with Crippen LogP contribution in [0.4, 0.5) is 0 Å². The number of likely N-dealkylation sites (tertiary alicyclic amines) is 1. The Kier molecular flexibility index (Phi) is 3.61. The van der Waals surface area contributed by atoms with Gasteiger partial charge in [-0.2, -0.15) is 0 Å². The van der Waals surface area contributed by atoms with Crippen molar-refractivity contribution in [3.05, 3.63) is 18.2 Å². The average Bonchev–Trinajstić information content (AvgIpc) is 2.97. The van der Waals surface area contributed by atoms with E-state index in [9.17, 15) is 9.59 Å².